The van der Waals surface area contributed by atoms with Gasteiger partial charge in [0.05, 0.1) is 18.1 Å². The Morgan fingerprint density at radius 2 is 2.33 bits per heavy atom. The topological polar surface area (TPSA) is 67.4 Å². The van der Waals surface area contributed by atoms with Gasteiger partial charge in [-0.05, 0) is 36.3 Å². The molecule has 1 amide bonds. The third-order valence-electron chi connectivity index (χ3n) is 4.36. The first kappa shape index (κ1) is 15.5. The number of carbonyl (C=O) groups is 1. The lowest BCUT2D eigenvalue weighted by Crippen LogP contribution is -2.43. The number of morpholine rings is 1. The van der Waals surface area contributed by atoms with Gasteiger partial charge >= 0.3 is 0 Å². The van der Waals surface area contributed by atoms with Gasteiger partial charge in [0.25, 0.3) is 5.91 Å². The van der Waals surface area contributed by atoms with Crippen LogP contribution in [-0.2, 0) is 4.74 Å². The van der Waals surface area contributed by atoms with Gasteiger partial charge in [-0.3, -0.25) is 4.79 Å². The second-order valence-electron chi connectivity index (χ2n) is 6.19. The first-order valence-corrected chi connectivity index (χ1v) is 9.18. The van der Waals surface area contributed by atoms with Crippen LogP contribution in [0.1, 0.15) is 34.4 Å². The Hall–Kier alpha value is -1.99. The van der Waals surface area contributed by atoms with Crippen LogP contribution < -0.4 is 5.32 Å². The fourth-order valence-electron chi connectivity index (χ4n) is 2.81. The number of aromatic nitrogens is 2. The highest BCUT2D eigenvalue weighted by Gasteiger charge is 2.32. The zero-order valence-electron chi connectivity index (χ0n) is 13.4. The number of carbonyl (C=O) groups excluding carboxylic acids is 1. The fraction of sp³-hybridized carbons (Fsp3) is 0.471. The molecule has 0 bridgehead atoms. The summed E-state index contributed by atoms with van der Waals surface area (Å²) in [7, 11) is 0. The van der Waals surface area contributed by atoms with Crippen molar-refractivity contribution in [1.82, 2.24) is 14.9 Å². The van der Waals surface area contributed by atoms with Crippen LogP contribution in [0.15, 0.2) is 29.8 Å². The second kappa shape index (κ2) is 6.86. The lowest BCUT2D eigenvalue weighted by molar-refractivity contribution is -0.00492. The molecule has 0 radical (unpaired) electrons. The van der Waals surface area contributed by atoms with Crippen LogP contribution >= 0.6 is 11.3 Å². The maximum atomic E-state index is 12.8. The summed E-state index contributed by atoms with van der Waals surface area (Å²) in [4.78, 5) is 24.3. The maximum absolute atomic E-state index is 12.8. The average molecular weight is 344 g/mol. The van der Waals surface area contributed by atoms with Crippen LogP contribution in [0.2, 0.25) is 0 Å². The van der Waals surface area contributed by atoms with Gasteiger partial charge in [-0.15, -0.1) is 11.3 Å². The van der Waals surface area contributed by atoms with Gasteiger partial charge in [0, 0.05) is 19.3 Å². The molecule has 1 saturated carbocycles. The van der Waals surface area contributed by atoms with E-state index in [0.29, 0.717) is 25.6 Å². The number of hydrogen-bond acceptors (Lipinski definition) is 6. The van der Waals surface area contributed by atoms with E-state index < -0.39 is 0 Å². The Balaban J connectivity index is 1.53. The van der Waals surface area contributed by atoms with Crippen LogP contribution in [-0.4, -0.2) is 47.1 Å². The van der Waals surface area contributed by atoms with Gasteiger partial charge in [0.1, 0.15) is 11.9 Å². The minimum atomic E-state index is -0.240. The van der Waals surface area contributed by atoms with Crippen molar-refractivity contribution >= 4 is 23.1 Å². The highest BCUT2D eigenvalue weighted by Crippen LogP contribution is 2.29. The molecular formula is C17H20N4O2S. The summed E-state index contributed by atoms with van der Waals surface area (Å²) in [5.74, 6) is 2.26. The molecule has 2 aromatic heterocycles. The Kier molecular flexibility index (Phi) is 4.44. The summed E-state index contributed by atoms with van der Waals surface area (Å²) in [5, 5.41) is 5.28. The number of anilines is 1. The number of thiophene rings is 1. The van der Waals surface area contributed by atoms with E-state index in [2.05, 4.69) is 15.3 Å². The largest absolute Gasteiger partial charge is 0.377 e. The van der Waals surface area contributed by atoms with Crippen LogP contribution in [0.25, 0.3) is 0 Å². The van der Waals surface area contributed by atoms with E-state index in [1.807, 2.05) is 28.5 Å². The van der Waals surface area contributed by atoms with E-state index in [9.17, 15) is 4.79 Å². The lowest BCUT2D eigenvalue weighted by atomic mass is 10.2. The van der Waals surface area contributed by atoms with Crippen LogP contribution in [0.3, 0.4) is 0 Å². The fourth-order valence-corrected chi connectivity index (χ4v) is 3.49. The zero-order valence-corrected chi connectivity index (χ0v) is 14.2. The summed E-state index contributed by atoms with van der Waals surface area (Å²) in [6, 6.07) is 5.39. The lowest BCUT2D eigenvalue weighted by Gasteiger charge is -2.34. The molecule has 0 unspecified atom stereocenters. The Morgan fingerprint density at radius 1 is 1.42 bits per heavy atom. The summed E-state index contributed by atoms with van der Waals surface area (Å²) < 4.78 is 5.59. The van der Waals surface area contributed by atoms with Crippen molar-refractivity contribution in [3.8, 4) is 0 Å². The molecule has 0 spiro atoms. The third-order valence-corrected chi connectivity index (χ3v) is 5.22. The summed E-state index contributed by atoms with van der Waals surface area (Å²) in [6.07, 6.45) is 4.34. The molecule has 2 aliphatic rings. The van der Waals surface area contributed by atoms with E-state index in [4.69, 9.17) is 4.74 Å². The van der Waals surface area contributed by atoms with E-state index in [1.165, 1.54) is 24.2 Å². The summed E-state index contributed by atoms with van der Waals surface area (Å²) in [6.45, 7) is 2.50. The molecule has 1 aliphatic heterocycles. The van der Waals surface area contributed by atoms with E-state index in [0.717, 1.165) is 23.2 Å². The van der Waals surface area contributed by atoms with Gasteiger partial charge in [-0.1, -0.05) is 6.07 Å². The highest BCUT2D eigenvalue weighted by atomic mass is 32.1. The minimum absolute atomic E-state index is 0.0262. The van der Waals surface area contributed by atoms with Gasteiger partial charge in [-0.25, -0.2) is 9.97 Å². The summed E-state index contributed by atoms with van der Waals surface area (Å²) in [5.41, 5.74) is 0. The Labute approximate surface area is 144 Å². The molecule has 1 atom stereocenters. The van der Waals surface area contributed by atoms with E-state index in [1.54, 1.807) is 6.20 Å². The number of ether oxygens (including phenoxy) is 1. The number of hydrogen-bond donors (Lipinski definition) is 1. The van der Waals surface area contributed by atoms with Crippen LogP contribution in [0, 0.1) is 5.92 Å². The van der Waals surface area contributed by atoms with E-state index >= 15 is 0 Å². The average Bonchev–Trinajstić information content (AvgIpc) is 3.31. The SMILES string of the molecule is O=C(c1cccs1)N1CCOC[C@H]1c1nccc(NCC2CC2)n1. The standard InChI is InChI=1S/C17H20N4O2S/c22-17(14-2-1-9-24-14)21-7-8-23-11-13(21)16-18-6-5-15(20-16)19-10-12-3-4-12/h1-2,5-6,9,12-13H,3-4,7-8,10-11H2,(H,18,19,20)/t13-/m0/s1. The molecule has 24 heavy (non-hydrogen) atoms. The van der Waals surface area contributed by atoms with Gasteiger partial charge in [0.2, 0.25) is 0 Å². The molecule has 2 aromatic rings. The minimum Gasteiger partial charge on any atom is -0.377 e. The first-order chi connectivity index (χ1) is 11.8. The van der Waals surface area contributed by atoms with Crippen LogP contribution in [0.5, 0.6) is 0 Å². The van der Waals surface area contributed by atoms with E-state index in [-0.39, 0.29) is 11.9 Å². The number of rotatable bonds is 5. The van der Waals surface area contributed by atoms with Gasteiger partial charge in [0.15, 0.2) is 5.82 Å². The predicted octanol–water partition coefficient (Wildman–Crippen LogP) is 2.57. The molecule has 126 valence electrons. The van der Waals surface area contributed by atoms with Crippen molar-refractivity contribution in [2.45, 2.75) is 18.9 Å². The van der Waals surface area contributed by atoms with Crippen molar-refractivity contribution in [3.05, 3.63) is 40.5 Å². The quantitative estimate of drug-likeness (QED) is 0.903. The first-order valence-electron chi connectivity index (χ1n) is 8.30. The van der Waals surface area contributed by atoms with Crippen LogP contribution in [0.4, 0.5) is 5.82 Å². The van der Waals surface area contributed by atoms with Crippen molar-refractivity contribution in [3.63, 3.8) is 0 Å². The number of nitrogens with one attached hydrogen (secondary N) is 1. The van der Waals surface area contributed by atoms with Gasteiger partial charge in [-0.2, -0.15) is 0 Å². The molecule has 2 fully saturated rings. The zero-order chi connectivity index (χ0) is 16.4. The molecule has 3 heterocycles. The van der Waals surface area contributed by atoms with Crippen molar-refractivity contribution in [2.75, 3.05) is 31.6 Å². The van der Waals surface area contributed by atoms with Gasteiger partial charge < -0.3 is 15.0 Å². The van der Waals surface area contributed by atoms with Crippen molar-refractivity contribution < 1.29 is 9.53 Å². The van der Waals surface area contributed by atoms with Crippen molar-refractivity contribution in [2.24, 2.45) is 5.92 Å². The molecule has 4 rings (SSSR count). The summed E-state index contributed by atoms with van der Waals surface area (Å²) >= 11 is 1.46. The molecule has 1 saturated heterocycles. The molecule has 1 N–H and O–H groups in total. The Bertz CT molecular complexity index is 702. The molecular weight excluding hydrogens is 324 g/mol. The third kappa shape index (κ3) is 3.42. The number of amides is 1. The second-order valence-corrected chi connectivity index (χ2v) is 7.14. The molecule has 7 heteroatoms. The molecule has 1 aliphatic carbocycles. The Morgan fingerprint density at radius 3 is 3.12 bits per heavy atom. The predicted molar refractivity (Wildman–Crippen MR) is 92.2 cm³/mol. The highest BCUT2D eigenvalue weighted by molar-refractivity contribution is 7.12. The maximum Gasteiger partial charge on any atom is 0.264 e. The monoisotopic (exact) mass is 344 g/mol. The normalized spacial score (nSPS) is 20.8. The molecule has 0 aromatic carbocycles. The van der Waals surface area contributed by atoms with Crippen molar-refractivity contribution in [1.29, 1.82) is 0 Å². The number of nitrogens with zero attached hydrogens (tertiary/aromatic N) is 3. The smallest absolute Gasteiger partial charge is 0.264 e. The molecule has 6 nitrogen and oxygen atoms in total.